The van der Waals surface area contributed by atoms with Crippen molar-refractivity contribution in [3.8, 4) is 0 Å². The second-order valence-corrected chi connectivity index (χ2v) is 4.24. The van der Waals surface area contributed by atoms with E-state index in [9.17, 15) is 9.59 Å². The van der Waals surface area contributed by atoms with Gasteiger partial charge in [-0.2, -0.15) is 11.8 Å². The fourth-order valence-corrected chi connectivity index (χ4v) is 1.89. The molecule has 0 fully saturated rings. The van der Waals surface area contributed by atoms with Crippen molar-refractivity contribution in [1.29, 1.82) is 0 Å². The zero-order chi connectivity index (χ0) is 11.5. The van der Waals surface area contributed by atoms with Gasteiger partial charge < -0.3 is 9.84 Å². The first-order valence-electron chi connectivity index (χ1n) is 5.12. The predicted octanol–water partition coefficient (Wildman–Crippen LogP) is 1.93. The number of hydrogen-bond acceptors (Lipinski definition) is 4. The molecule has 0 saturated heterocycles. The van der Waals surface area contributed by atoms with Crippen LogP contribution in [0, 0.1) is 0 Å². The minimum absolute atomic E-state index is 0.157. The highest BCUT2D eigenvalue weighted by atomic mass is 32.2. The standard InChI is InChI=1S/C10H18O4S/c1-2-14-10(13)6-8-15-7-4-3-5-9(11)12/h2-8H2,1H3,(H,11,12). The molecule has 0 saturated carbocycles. The molecule has 0 aliphatic heterocycles. The van der Waals surface area contributed by atoms with Crippen molar-refractivity contribution in [2.45, 2.75) is 32.6 Å². The van der Waals surface area contributed by atoms with Crippen LogP contribution in [-0.2, 0) is 14.3 Å². The fourth-order valence-electron chi connectivity index (χ4n) is 0.971. The predicted molar refractivity (Wildman–Crippen MR) is 60.1 cm³/mol. The van der Waals surface area contributed by atoms with Crippen LogP contribution in [0.4, 0.5) is 0 Å². The van der Waals surface area contributed by atoms with Gasteiger partial charge in [-0.3, -0.25) is 9.59 Å². The zero-order valence-corrected chi connectivity index (χ0v) is 9.85. The van der Waals surface area contributed by atoms with E-state index in [0.29, 0.717) is 19.4 Å². The van der Waals surface area contributed by atoms with E-state index in [2.05, 4.69) is 0 Å². The molecule has 0 atom stereocenters. The topological polar surface area (TPSA) is 63.6 Å². The number of esters is 1. The van der Waals surface area contributed by atoms with Crippen LogP contribution in [0.2, 0.25) is 0 Å². The minimum Gasteiger partial charge on any atom is -0.481 e. The first kappa shape index (κ1) is 14.3. The van der Waals surface area contributed by atoms with Crippen molar-refractivity contribution in [1.82, 2.24) is 0 Å². The number of thioether (sulfide) groups is 1. The number of carbonyl (C=O) groups is 2. The Balaban J connectivity index is 3.11. The molecule has 0 amide bonds. The van der Waals surface area contributed by atoms with Gasteiger partial charge in [-0.1, -0.05) is 0 Å². The van der Waals surface area contributed by atoms with E-state index in [-0.39, 0.29) is 12.4 Å². The van der Waals surface area contributed by atoms with Crippen molar-refractivity contribution in [3.05, 3.63) is 0 Å². The molecule has 0 heterocycles. The lowest BCUT2D eigenvalue weighted by Crippen LogP contribution is -2.04. The maximum absolute atomic E-state index is 10.9. The molecule has 15 heavy (non-hydrogen) atoms. The van der Waals surface area contributed by atoms with E-state index in [1.165, 1.54) is 0 Å². The van der Waals surface area contributed by atoms with Gasteiger partial charge in [-0.05, 0) is 25.5 Å². The molecule has 0 aromatic carbocycles. The van der Waals surface area contributed by atoms with Gasteiger partial charge in [0.2, 0.25) is 0 Å². The number of rotatable bonds is 9. The summed E-state index contributed by atoms with van der Waals surface area (Å²) in [4.78, 5) is 21.1. The van der Waals surface area contributed by atoms with Crippen molar-refractivity contribution < 1.29 is 19.4 Å². The third kappa shape index (κ3) is 11.2. The molecule has 0 unspecified atom stereocenters. The molecule has 5 heteroatoms. The Hall–Kier alpha value is -0.710. The van der Waals surface area contributed by atoms with Crippen LogP contribution < -0.4 is 0 Å². The molecule has 0 spiro atoms. The number of unbranched alkanes of at least 4 members (excludes halogenated alkanes) is 1. The Morgan fingerprint density at radius 2 is 1.93 bits per heavy atom. The summed E-state index contributed by atoms with van der Waals surface area (Å²) in [7, 11) is 0. The highest BCUT2D eigenvalue weighted by Crippen LogP contribution is 2.08. The SMILES string of the molecule is CCOC(=O)CCSCCCCC(=O)O. The van der Waals surface area contributed by atoms with E-state index < -0.39 is 5.97 Å². The smallest absolute Gasteiger partial charge is 0.306 e. The van der Waals surface area contributed by atoms with Crippen molar-refractivity contribution >= 4 is 23.7 Å². The van der Waals surface area contributed by atoms with Crippen LogP contribution in [-0.4, -0.2) is 35.2 Å². The largest absolute Gasteiger partial charge is 0.481 e. The summed E-state index contributed by atoms with van der Waals surface area (Å²) < 4.78 is 4.77. The Morgan fingerprint density at radius 3 is 2.53 bits per heavy atom. The number of carboxylic acids is 1. The molecule has 0 radical (unpaired) electrons. The average Bonchev–Trinajstić information content (AvgIpc) is 2.16. The summed E-state index contributed by atoms with van der Waals surface area (Å²) in [5.74, 6) is 0.764. The maximum atomic E-state index is 10.9. The lowest BCUT2D eigenvalue weighted by Gasteiger charge is -2.01. The number of carbonyl (C=O) groups excluding carboxylic acids is 1. The molecular formula is C10H18O4S. The summed E-state index contributed by atoms with van der Waals surface area (Å²) >= 11 is 1.67. The van der Waals surface area contributed by atoms with Gasteiger partial charge in [0.15, 0.2) is 0 Å². The van der Waals surface area contributed by atoms with Gasteiger partial charge in [0.05, 0.1) is 13.0 Å². The third-order valence-corrected chi connectivity index (χ3v) is 2.76. The van der Waals surface area contributed by atoms with Crippen LogP contribution in [0.15, 0.2) is 0 Å². The quantitative estimate of drug-likeness (QED) is 0.488. The third-order valence-electron chi connectivity index (χ3n) is 1.69. The summed E-state index contributed by atoms with van der Waals surface area (Å²) in [5, 5.41) is 8.38. The average molecular weight is 234 g/mol. The van der Waals surface area contributed by atoms with E-state index >= 15 is 0 Å². The number of carboxylic acid groups (broad SMARTS) is 1. The van der Waals surface area contributed by atoms with E-state index in [1.807, 2.05) is 0 Å². The Morgan fingerprint density at radius 1 is 1.20 bits per heavy atom. The molecule has 0 aliphatic carbocycles. The van der Waals surface area contributed by atoms with Gasteiger partial charge in [-0.15, -0.1) is 0 Å². The van der Waals surface area contributed by atoms with Crippen LogP contribution in [0.3, 0.4) is 0 Å². The summed E-state index contributed by atoms with van der Waals surface area (Å²) in [6.45, 7) is 2.22. The summed E-state index contributed by atoms with van der Waals surface area (Å²) in [5.41, 5.74) is 0. The molecule has 0 bridgehead atoms. The second-order valence-electron chi connectivity index (χ2n) is 3.02. The number of aliphatic carboxylic acids is 1. The van der Waals surface area contributed by atoms with E-state index in [1.54, 1.807) is 18.7 Å². The Bertz CT molecular complexity index is 194. The molecule has 0 aromatic heterocycles. The molecule has 0 aliphatic rings. The Kier molecular flexibility index (Phi) is 9.36. The van der Waals surface area contributed by atoms with Gasteiger partial charge in [0.1, 0.15) is 0 Å². The summed E-state index contributed by atoms with van der Waals surface area (Å²) in [6, 6.07) is 0. The molecule has 88 valence electrons. The normalized spacial score (nSPS) is 9.93. The van der Waals surface area contributed by atoms with Gasteiger partial charge in [0.25, 0.3) is 0 Å². The van der Waals surface area contributed by atoms with Crippen LogP contribution in [0.1, 0.15) is 32.6 Å². The van der Waals surface area contributed by atoms with Gasteiger partial charge in [-0.25, -0.2) is 0 Å². The first-order chi connectivity index (χ1) is 7.16. The van der Waals surface area contributed by atoms with Crippen molar-refractivity contribution in [2.24, 2.45) is 0 Å². The molecule has 1 N–H and O–H groups in total. The highest BCUT2D eigenvalue weighted by Gasteiger charge is 2.01. The van der Waals surface area contributed by atoms with Crippen molar-refractivity contribution in [2.75, 3.05) is 18.1 Å². The van der Waals surface area contributed by atoms with Crippen LogP contribution in [0.25, 0.3) is 0 Å². The van der Waals surface area contributed by atoms with Crippen LogP contribution >= 0.6 is 11.8 Å². The fraction of sp³-hybridized carbons (Fsp3) is 0.800. The van der Waals surface area contributed by atoms with E-state index in [4.69, 9.17) is 9.84 Å². The maximum Gasteiger partial charge on any atom is 0.306 e. The molecule has 4 nitrogen and oxygen atoms in total. The molecular weight excluding hydrogens is 216 g/mol. The van der Waals surface area contributed by atoms with Crippen molar-refractivity contribution in [3.63, 3.8) is 0 Å². The highest BCUT2D eigenvalue weighted by molar-refractivity contribution is 7.99. The second kappa shape index (κ2) is 9.83. The Labute approximate surface area is 94.4 Å². The summed E-state index contributed by atoms with van der Waals surface area (Å²) in [6.07, 6.45) is 2.28. The number of ether oxygens (including phenoxy) is 1. The van der Waals surface area contributed by atoms with E-state index in [0.717, 1.165) is 17.9 Å². The van der Waals surface area contributed by atoms with Gasteiger partial charge >= 0.3 is 11.9 Å². The number of hydrogen-bond donors (Lipinski definition) is 1. The lowest BCUT2D eigenvalue weighted by molar-refractivity contribution is -0.142. The lowest BCUT2D eigenvalue weighted by atomic mass is 10.3. The van der Waals surface area contributed by atoms with Gasteiger partial charge in [0, 0.05) is 12.2 Å². The monoisotopic (exact) mass is 234 g/mol. The zero-order valence-electron chi connectivity index (χ0n) is 9.03. The minimum atomic E-state index is -0.744. The molecule has 0 aromatic rings. The first-order valence-corrected chi connectivity index (χ1v) is 6.27. The molecule has 0 rings (SSSR count). The van der Waals surface area contributed by atoms with Crippen LogP contribution in [0.5, 0.6) is 0 Å².